The lowest BCUT2D eigenvalue weighted by molar-refractivity contribution is -0.135. The topological polar surface area (TPSA) is 42.2 Å². The second kappa shape index (κ2) is 6.09. The van der Waals surface area contributed by atoms with Crippen molar-refractivity contribution in [2.45, 2.75) is 25.4 Å². The SMILES string of the molecule is O=C(NCCCCC(F)(F)F)c1ccc(Br)o1. The Morgan fingerprint density at radius 1 is 1.35 bits per heavy atom. The minimum Gasteiger partial charge on any atom is -0.444 e. The van der Waals surface area contributed by atoms with E-state index in [9.17, 15) is 18.0 Å². The summed E-state index contributed by atoms with van der Waals surface area (Å²) in [6.07, 6.45) is -4.66. The van der Waals surface area contributed by atoms with Crippen LogP contribution in [0.15, 0.2) is 21.2 Å². The van der Waals surface area contributed by atoms with Crippen molar-refractivity contribution < 1.29 is 22.4 Å². The van der Waals surface area contributed by atoms with E-state index >= 15 is 0 Å². The van der Waals surface area contributed by atoms with E-state index in [0.717, 1.165) is 0 Å². The zero-order chi connectivity index (χ0) is 12.9. The Labute approximate surface area is 104 Å². The van der Waals surface area contributed by atoms with Crippen LogP contribution >= 0.6 is 15.9 Å². The van der Waals surface area contributed by atoms with Crippen molar-refractivity contribution in [3.63, 3.8) is 0 Å². The van der Waals surface area contributed by atoms with E-state index in [0.29, 0.717) is 4.67 Å². The van der Waals surface area contributed by atoms with Gasteiger partial charge in [-0.15, -0.1) is 0 Å². The first-order valence-corrected chi connectivity index (χ1v) is 5.78. The molecule has 0 bridgehead atoms. The Hall–Kier alpha value is -0.980. The van der Waals surface area contributed by atoms with Gasteiger partial charge in [-0.1, -0.05) is 0 Å². The standard InChI is InChI=1S/C10H11BrF3NO2/c11-8-4-3-7(17-8)9(16)15-6-2-1-5-10(12,13)14/h3-4H,1-2,5-6H2,(H,15,16). The van der Waals surface area contributed by atoms with Crippen LogP contribution in [0, 0.1) is 0 Å². The molecule has 0 fully saturated rings. The molecule has 0 saturated heterocycles. The molecule has 96 valence electrons. The number of amides is 1. The number of nitrogens with one attached hydrogen (secondary N) is 1. The second-order valence-electron chi connectivity index (χ2n) is 3.43. The van der Waals surface area contributed by atoms with Crippen molar-refractivity contribution in [1.82, 2.24) is 5.32 Å². The fourth-order valence-electron chi connectivity index (χ4n) is 1.18. The number of hydrogen-bond donors (Lipinski definition) is 1. The number of furan rings is 1. The number of unbranched alkanes of at least 4 members (excludes halogenated alkanes) is 1. The predicted octanol–water partition coefficient (Wildman–Crippen LogP) is 3.50. The van der Waals surface area contributed by atoms with E-state index in [1.54, 1.807) is 6.07 Å². The van der Waals surface area contributed by atoms with Gasteiger partial charge in [-0.3, -0.25) is 4.79 Å². The average Bonchev–Trinajstić information content (AvgIpc) is 2.62. The Balaban J connectivity index is 2.17. The predicted molar refractivity (Wildman–Crippen MR) is 58.6 cm³/mol. The summed E-state index contributed by atoms with van der Waals surface area (Å²) in [5.41, 5.74) is 0. The minimum atomic E-state index is -4.13. The number of halogens is 4. The molecule has 3 nitrogen and oxygen atoms in total. The van der Waals surface area contributed by atoms with E-state index in [4.69, 9.17) is 4.42 Å². The molecule has 7 heteroatoms. The first-order chi connectivity index (χ1) is 7.88. The molecule has 1 rings (SSSR count). The van der Waals surface area contributed by atoms with Crippen molar-refractivity contribution in [2.24, 2.45) is 0 Å². The highest BCUT2D eigenvalue weighted by Crippen LogP contribution is 2.21. The third-order valence-corrected chi connectivity index (χ3v) is 2.40. The van der Waals surface area contributed by atoms with Gasteiger partial charge < -0.3 is 9.73 Å². The normalized spacial score (nSPS) is 11.5. The quantitative estimate of drug-likeness (QED) is 0.845. The second-order valence-corrected chi connectivity index (χ2v) is 4.21. The minimum absolute atomic E-state index is 0.00558. The molecule has 0 radical (unpaired) electrons. The molecule has 0 spiro atoms. The molecule has 1 amide bonds. The molecule has 1 heterocycles. The average molecular weight is 314 g/mol. The maximum absolute atomic E-state index is 11.8. The van der Waals surface area contributed by atoms with Crippen molar-refractivity contribution in [3.05, 3.63) is 22.6 Å². The van der Waals surface area contributed by atoms with Crippen molar-refractivity contribution in [1.29, 1.82) is 0 Å². The number of carbonyl (C=O) groups excluding carboxylic acids is 1. The summed E-state index contributed by atoms with van der Waals surface area (Å²) < 4.78 is 40.8. The van der Waals surface area contributed by atoms with Gasteiger partial charge in [0, 0.05) is 13.0 Å². The molecule has 0 aliphatic rings. The molecule has 0 saturated carbocycles. The third-order valence-electron chi connectivity index (χ3n) is 1.97. The van der Waals surface area contributed by atoms with E-state index in [2.05, 4.69) is 21.2 Å². The zero-order valence-corrected chi connectivity index (χ0v) is 10.4. The summed E-state index contributed by atoms with van der Waals surface area (Å²) in [5, 5.41) is 2.48. The molecule has 1 aromatic rings. The Kier molecular flexibility index (Phi) is 5.04. The van der Waals surface area contributed by atoms with E-state index in [1.807, 2.05) is 0 Å². The fraction of sp³-hybridized carbons (Fsp3) is 0.500. The van der Waals surface area contributed by atoms with Gasteiger partial charge >= 0.3 is 6.18 Å². The van der Waals surface area contributed by atoms with Crippen molar-refractivity contribution in [3.8, 4) is 0 Å². The highest BCUT2D eigenvalue weighted by atomic mass is 79.9. The largest absolute Gasteiger partial charge is 0.444 e. The summed E-state index contributed by atoms with van der Waals surface area (Å²) in [4.78, 5) is 11.4. The first kappa shape index (κ1) is 14.1. The van der Waals surface area contributed by atoms with Crippen LogP contribution in [-0.2, 0) is 0 Å². The Morgan fingerprint density at radius 3 is 2.59 bits per heavy atom. The molecule has 0 aliphatic heterocycles. The van der Waals surface area contributed by atoms with Crippen LogP contribution in [0.4, 0.5) is 13.2 Å². The van der Waals surface area contributed by atoms with Gasteiger partial charge in [-0.25, -0.2) is 0 Å². The molecule has 0 unspecified atom stereocenters. The van der Waals surface area contributed by atoms with Gasteiger partial charge in [0.05, 0.1) is 0 Å². The Bertz CT molecular complexity index is 376. The molecule has 1 N–H and O–H groups in total. The van der Waals surface area contributed by atoms with Gasteiger partial charge in [-0.05, 0) is 40.9 Å². The van der Waals surface area contributed by atoms with Crippen LogP contribution in [0.25, 0.3) is 0 Å². The summed E-state index contributed by atoms with van der Waals surface area (Å²) in [5.74, 6) is -0.296. The smallest absolute Gasteiger partial charge is 0.389 e. The van der Waals surface area contributed by atoms with Crippen LogP contribution in [0.1, 0.15) is 29.8 Å². The maximum atomic E-state index is 11.8. The summed E-state index contributed by atoms with van der Waals surface area (Å²) in [6, 6.07) is 3.05. The molecular weight excluding hydrogens is 303 g/mol. The number of hydrogen-bond acceptors (Lipinski definition) is 2. The lowest BCUT2D eigenvalue weighted by Crippen LogP contribution is -2.24. The molecule has 0 atom stereocenters. The van der Waals surface area contributed by atoms with Crippen LogP contribution < -0.4 is 5.32 Å². The van der Waals surface area contributed by atoms with E-state index in [-0.39, 0.29) is 25.1 Å². The molecule has 0 aromatic carbocycles. The Morgan fingerprint density at radius 2 is 2.06 bits per heavy atom. The molecule has 17 heavy (non-hydrogen) atoms. The zero-order valence-electron chi connectivity index (χ0n) is 8.81. The van der Waals surface area contributed by atoms with Crippen LogP contribution in [0.3, 0.4) is 0 Å². The van der Waals surface area contributed by atoms with Gasteiger partial charge in [0.15, 0.2) is 10.4 Å². The summed E-state index contributed by atoms with van der Waals surface area (Å²) in [6.45, 7) is 0.202. The summed E-state index contributed by atoms with van der Waals surface area (Å²) >= 11 is 3.04. The highest BCUT2D eigenvalue weighted by molar-refractivity contribution is 9.10. The van der Waals surface area contributed by atoms with Crippen LogP contribution in [0.5, 0.6) is 0 Å². The lowest BCUT2D eigenvalue weighted by Gasteiger charge is -2.06. The number of carbonyl (C=O) groups is 1. The van der Waals surface area contributed by atoms with Crippen LogP contribution in [0.2, 0.25) is 0 Å². The van der Waals surface area contributed by atoms with Gasteiger partial charge in [0.2, 0.25) is 0 Å². The van der Waals surface area contributed by atoms with Gasteiger partial charge in [-0.2, -0.15) is 13.2 Å². The van der Waals surface area contributed by atoms with E-state index < -0.39 is 18.5 Å². The van der Waals surface area contributed by atoms with Crippen molar-refractivity contribution >= 4 is 21.8 Å². The molecular formula is C10H11BrF3NO2. The summed E-state index contributed by atoms with van der Waals surface area (Å²) in [7, 11) is 0. The number of alkyl halides is 3. The number of rotatable bonds is 5. The molecule has 0 aliphatic carbocycles. The first-order valence-electron chi connectivity index (χ1n) is 4.99. The van der Waals surface area contributed by atoms with E-state index in [1.165, 1.54) is 6.07 Å². The van der Waals surface area contributed by atoms with Crippen LogP contribution in [-0.4, -0.2) is 18.6 Å². The third kappa shape index (κ3) is 5.76. The van der Waals surface area contributed by atoms with Gasteiger partial charge in [0.1, 0.15) is 0 Å². The van der Waals surface area contributed by atoms with Crippen molar-refractivity contribution in [2.75, 3.05) is 6.54 Å². The molecule has 1 aromatic heterocycles. The fourth-order valence-corrected chi connectivity index (χ4v) is 1.48. The monoisotopic (exact) mass is 313 g/mol. The highest BCUT2D eigenvalue weighted by Gasteiger charge is 2.25. The maximum Gasteiger partial charge on any atom is 0.389 e. The lowest BCUT2D eigenvalue weighted by atomic mass is 10.2. The van der Waals surface area contributed by atoms with Gasteiger partial charge in [0.25, 0.3) is 5.91 Å².